The zero-order chi connectivity index (χ0) is 42.7. The monoisotopic (exact) mass is 831 g/mol. The fourth-order valence-electron chi connectivity index (χ4n) is 8.97. The lowest BCUT2D eigenvalue weighted by atomic mass is 9.83. The van der Waals surface area contributed by atoms with Crippen molar-refractivity contribution in [3.63, 3.8) is 0 Å². The van der Waals surface area contributed by atoms with Crippen LogP contribution in [0.2, 0.25) is 0 Å². The maximum absolute atomic E-state index is 12.9. The first-order valence-electron chi connectivity index (χ1n) is 24.4. The maximum atomic E-state index is 12.9. The Hall–Kier alpha value is -2.83. The largest absolute Gasteiger partial charge is 0.371 e. The summed E-state index contributed by atoms with van der Waals surface area (Å²) < 4.78 is 36.4. The van der Waals surface area contributed by atoms with E-state index in [-0.39, 0.29) is 10.8 Å². The van der Waals surface area contributed by atoms with Crippen LogP contribution in [-0.2, 0) is 10.1 Å². The highest BCUT2D eigenvalue weighted by Crippen LogP contribution is 2.39. The van der Waals surface area contributed by atoms with E-state index in [4.69, 9.17) is 0 Å². The molecule has 1 N–H and O–H groups in total. The SMILES string of the molecule is CCCCCCCCN(CCCCCCCC)c1ccc(C(c2ccc(N(CCCCCCCC)CCCCCCCC)c(C)c2)c2ccccc2S(=O)(=O)O)cc1C. The van der Waals surface area contributed by atoms with Gasteiger partial charge in [-0.25, -0.2) is 0 Å². The molecular weight excluding hydrogens is 745 g/mol. The van der Waals surface area contributed by atoms with Crippen molar-refractivity contribution in [2.24, 2.45) is 0 Å². The number of aryl methyl sites for hydroxylation is 2. The lowest BCUT2D eigenvalue weighted by Gasteiger charge is -2.30. The average molecular weight is 831 g/mol. The predicted octanol–water partition coefficient (Wildman–Crippen LogP) is 15.8. The Morgan fingerprint density at radius 3 is 1.10 bits per heavy atom. The van der Waals surface area contributed by atoms with Crippen LogP contribution in [0.5, 0.6) is 0 Å². The van der Waals surface area contributed by atoms with Gasteiger partial charge in [0.15, 0.2) is 0 Å². The fourth-order valence-corrected chi connectivity index (χ4v) is 9.70. The summed E-state index contributed by atoms with van der Waals surface area (Å²) in [5, 5.41) is 0. The van der Waals surface area contributed by atoms with Crippen LogP contribution in [0.4, 0.5) is 11.4 Å². The molecule has 3 rings (SSSR count). The van der Waals surface area contributed by atoms with Gasteiger partial charge >= 0.3 is 0 Å². The Morgan fingerprint density at radius 1 is 0.458 bits per heavy atom. The third kappa shape index (κ3) is 18.4. The highest BCUT2D eigenvalue weighted by atomic mass is 32.2. The van der Waals surface area contributed by atoms with E-state index in [0.717, 1.165) is 37.3 Å². The molecule has 0 amide bonds. The molecule has 0 radical (unpaired) electrons. The van der Waals surface area contributed by atoms with Crippen molar-refractivity contribution in [3.8, 4) is 0 Å². The number of nitrogens with zero attached hydrogens (tertiary/aromatic N) is 2. The molecule has 59 heavy (non-hydrogen) atoms. The first kappa shape index (κ1) is 50.5. The van der Waals surface area contributed by atoms with E-state index in [1.54, 1.807) is 12.1 Å². The summed E-state index contributed by atoms with van der Waals surface area (Å²) in [6.45, 7) is 17.8. The van der Waals surface area contributed by atoms with E-state index in [0.29, 0.717) is 5.56 Å². The van der Waals surface area contributed by atoms with Crippen molar-refractivity contribution in [2.45, 2.75) is 206 Å². The smallest absolute Gasteiger partial charge is 0.294 e. The Bertz CT molecular complexity index is 1550. The molecule has 0 spiro atoms. The van der Waals surface area contributed by atoms with Crippen LogP contribution < -0.4 is 9.80 Å². The van der Waals surface area contributed by atoms with Gasteiger partial charge in [0.25, 0.3) is 10.1 Å². The summed E-state index contributed by atoms with van der Waals surface area (Å²) in [6.07, 6.45) is 30.8. The van der Waals surface area contributed by atoms with Crippen molar-refractivity contribution in [3.05, 3.63) is 88.5 Å². The van der Waals surface area contributed by atoms with Gasteiger partial charge in [-0.3, -0.25) is 4.55 Å². The standard InChI is InChI=1S/C53H86N2O3S/c1-7-11-15-19-23-29-39-54(40-30-24-20-16-12-8-2)50-37-35-47(43-45(50)5)53(49-33-27-28-34-52(49)59(56,57)58)48-36-38-51(46(6)44-48)55(41-31-25-21-17-13-9-3)42-32-26-22-18-14-10-4/h27-28,33-38,43-44,53H,7-26,29-32,39-42H2,1-6H3,(H,56,57,58). The minimum Gasteiger partial charge on any atom is -0.371 e. The molecular formula is C53H86N2O3S. The van der Waals surface area contributed by atoms with Gasteiger partial charge in [0, 0.05) is 43.5 Å². The maximum Gasteiger partial charge on any atom is 0.294 e. The van der Waals surface area contributed by atoms with Gasteiger partial charge in [0.1, 0.15) is 0 Å². The second-order valence-electron chi connectivity index (χ2n) is 17.6. The molecule has 0 unspecified atom stereocenters. The first-order valence-corrected chi connectivity index (χ1v) is 25.9. The number of unbranched alkanes of at least 4 members (excludes halogenated alkanes) is 20. The van der Waals surface area contributed by atoms with Crippen molar-refractivity contribution in [1.82, 2.24) is 0 Å². The van der Waals surface area contributed by atoms with Crippen LogP contribution in [0.1, 0.15) is 216 Å². The molecule has 0 heterocycles. The molecule has 0 aromatic heterocycles. The van der Waals surface area contributed by atoms with Crippen LogP contribution in [0.3, 0.4) is 0 Å². The van der Waals surface area contributed by atoms with Crippen molar-refractivity contribution < 1.29 is 13.0 Å². The number of benzene rings is 3. The van der Waals surface area contributed by atoms with E-state index in [9.17, 15) is 13.0 Å². The predicted molar refractivity (Wildman–Crippen MR) is 257 cm³/mol. The van der Waals surface area contributed by atoms with Gasteiger partial charge in [-0.05, 0) is 85.5 Å². The van der Waals surface area contributed by atoms with Crippen molar-refractivity contribution in [1.29, 1.82) is 0 Å². The van der Waals surface area contributed by atoms with Crippen LogP contribution in [0, 0.1) is 13.8 Å². The van der Waals surface area contributed by atoms with Gasteiger partial charge in [-0.2, -0.15) is 8.42 Å². The van der Waals surface area contributed by atoms with E-state index in [1.807, 2.05) is 12.1 Å². The summed E-state index contributed by atoms with van der Waals surface area (Å²) >= 11 is 0. The van der Waals surface area contributed by atoms with Crippen LogP contribution >= 0.6 is 0 Å². The van der Waals surface area contributed by atoms with E-state index in [1.165, 1.54) is 177 Å². The molecule has 0 saturated heterocycles. The van der Waals surface area contributed by atoms with E-state index < -0.39 is 10.1 Å². The first-order chi connectivity index (χ1) is 28.7. The molecule has 0 aliphatic carbocycles. The van der Waals surface area contributed by atoms with Gasteiger partial charge < -0.3 is 9.80 Å². The summed E-state index contributed by atoms with van der Waals surface area (Å²) in [5.41, 5.74) is 7.70. The molecule has 0 fully saturated rings. The molecule has 0 aliphatic heterocycles. The van der Waals surface area contributed by atoms with E-state index >= 15 is 0 Å². The van der Waals surface area contributed by atoms with Gasteiger partial charge in [0.2, 0.25) is 0 Å². The average Bonchev–Trinajstić information content (AvgIpc) is 3.22. The second kappa shape index (κ2) is 29.4. The highest BCUT2D eigenvalue weighted by Gasteiger charge is 2.26. The number of rotatable bonds is 34. The molecule has 0 bridgehead atoms. The summed E-state index contributed by atoms with van der Waals surface area (Å²) in [6, 6.07) is 20.6. The second-order valence-corrected chi connectivity index (χ2v) is 19.0. The van der Waals surface area contributed by atoms with Crippen LogP contribution in [0.25, 0.3) is 0 Å². The lowest BCUT2D eigenvalue weighted by Crippen LogP contribution is -2.27. The normalized spacial score (nSPS) is 11.8. The third-order valence-corrected chi connectivity index (χ3v) is 13.4. The third-order valence-electron chi connectivity index (χ3n) is 12.4. The van der Waals surface area contributed by atoms with Crippen molar-refractivity contribution >= 4 is 21.5 Å². The Morgan fingerprint density at radius 2 is 0.780 bits per heavy atom. The molecule has 3 aromatic carbocycles. The minimum absolute atomic E-state index is 0.0194. The van der Waals surface area contributed by atoms with Gasteiger partial charge in [-0.15, -0.1) is 0 Å². The van der Waals surface area contributed by atoms with Gasteiger partial charge in [-0.1, -0.05) is 199 Å². The summed E-state index contributed by atoms with van der Waals surface area (Å²) in [4.78, 5) is 5.20. The molecule has 5 nitrogen and oxygen atoms in total. The number of hydrogen-bond donors (Lipinski definition) is 1. The Balaban J connectivity index is 1.99. The minimum atomic E-state index is -4.45. The molecule has 0 aliphatic rings. The van der Waals surface area contributed by atoms with Crippen LogP contribution in [0.15, 0.2) is 65.6 Å². The van der Waals surface area contributed by atoms with Gasteiger partial charge in [0.05, 0.1) is 4.90 Å². The number of hydrogen-bond acceptors (Lipinski definition) is 4. The van der Waals surface area contributed by atoms with E-state index in [2.05, 4.69) is 87.7 Å². The quantitative estimate of drug-likeness (QED) is 0.0369. The van der Waals surface area contributed by atoms with Crippen LogP contribution in [-0.4, -0.2) is 39.1 Å². The molecule has 0 saturated carbocycles. The van der Waals surface area contributed by atoms with Crippen molar-refractivity contribution in [2.75, 3.05) is 36.0 Å². The summed E-state index contributed by atoms with van der Waals surface area (Å²) in [7, 11) is -4.45. The number of anilines is 2. The fraction of sp³-hybridized carbons (Fsp3) is 0.660. The Labute approximate surface area is 363 Å². The Kier molecular flexibility index (Phi) is 25.2. The zero-order valence-corrected chi connectivity index (χ0v) is 39.5. The highest BCUT2D eigenvalue weighted by molar-refractivity contribution is 7.85. The summed E-state index contributed by atoms with van der Waals surface area (Å²) in [5.74, 6) is -0.357. The topological polar surface area (TPSA) is 60.9 Å². The molecule has 0 atom stereocenters. The lowest BCUT2D eigenvalue weighted by molar-refractivity contribution is 0.482. The molecule has 6 heteroatoms. The molecule has 3 aromatic rings. The zero-order valence-electron chi connectivity index (χ0n) is 38.7. The molecule has 332 valence electrons.